The van der Waals surface area contributed by atoms with Crippen LogP contribution >= 0.6 is 0 Å². The molecule has 0 amide bonds. The number of hydrogen-bond donors (Lipinski definition) is 2. The molecule has 6 heteroatoms. The molecule has 13 heavy (non-hydrogen) atoms. The van der Waals surface area contributed by atoms with Gasteiger partial charge in [0.2, 0.25) is 5.82 Å². The summed E-state index contributed by atoms with van der Waals surface area (Å²) in [6.07, 6.45) is 2.49. The maximum Gasteiger partial charge on any atom is 0.255 e. The van der Waals surface area contributed by atoms with Crippen molar-refractivity contribution in [2.24, 2.45) is 0 Å². The van der Waals surface area contributed by atoms with Crippen LogP contribution in [0.2, 0.25) is 0 Å². The highest BCUT2D eigenvalue weighted by atomic mass is 16.5. The van der Waals surface area contributed by atoms with Crippen molar-refractivity contribution in [3.8, 4) is 11.4 Å². The van der Waals surface area contributed by atoms with Gasteiger partial charge in [0.1, 0.15) is 6.10 Å². The molecule has 0 aromatic carbocycles. The first-order valence-electron chi connectivity index (χ1n) is 3.78. The molecular formula is C7H8N4O2. The number of aliphatic hydroxyl groups excluding tert-OH is 1. The number of rotatable bonds is 2. The largest absolute Gasteiger partial charge is 0.384 e. The molecule has 2 aromatic rings. The summed E-state index contributed by atoms with van der Waals surface area (Å²) in [5.41, 5.74) is 0.732. The van der Waals surface area contributed by atoms with Gasteiger partial charge in [0.05, 0.1) is 11.8 Å². The molecule has 1 atom stereocenters. The van der Waals surface area contributed by atoms with E-state index in [-0.39, 0.29) is 5.89 Å². The van der Waals surface area contributed by atoms with Crippen LogP contribution in [0.15, 0.2) is 16.9 Å². The van der Waals surface area contributed by atoms with Crippen LogP contribution in [0.5, 0.6) is 0 Å². The van der Waals surface area contributed by atoms with Crippen molar-refractivity contribution in [1.29, 1.82) is 0 Å². The van der Waals surface area contributed by atoms with Crippen LogP contribution in [0, 0.1) is 0 Å². The van der Waals surface area contributed by atoms with E-state index in [1.54, 1.807) is 19.3 Å². The van der Waals surface area contributed by atoms with Gasteiger partial charge in [-0.15, -0.1) is 0 Å². The summed E-state index contributed by atoms with van der Waals surface area (Å²) in [5.74, 6) is 0.626. The van der Waals surface area contributed by atoms with Gasteiger partial charge in [-0.3, -0.25) is 5.10 Å². The van der Waals surface area contributed by atoms with E-state index in [9.17, 15) is 0 Å². The van der Waals surface area contributed by atoms with Crippen molar-refractivity contribution in [2.45, 2.75) is 13.0 Å². The molecule has 1 unspecified atom stereocenters. The molecule has 0 aliphatic rings. The Morgan fingerprint density at radius 3 is 3.00 bits per heavy atom. The number of aromatic nitrogens is 4. The quantitative estimate of drug-likeness (QED) is 0.703. The van der Waals surface area contributed by atoms with Gasteiger partial charge in [-0.25, -0.2) is 0 Å². The third-order valence-corrected chi connectivity index (χ3v) is 1.56. The Bertz CT molecular complexity index is 379. The molecule has 2 heterocycles. The molecule has 0 aliphatic carbocycles. The Morgan fingerprint density at radius 1 is 1.62 bits per heavy atom. The third-order valence-electron chi connectivity index (χ3n) is 1.56. The van der Waals surface area contributed by atoms with Crippen LogP contribution < -0.4 is 0 Å². The maximum absolute atomic E-state index is 9.11. The minimum atomic E-state index is -0.742. The van der Waals surface area contributed by atoms with E-state index < -0.39 is 6.10 Å². The average molecular weight is 180 g/mol. The minimum absolute atomic E-state index is 0.205. The molecular weight excluding hydrogens is 172 g/mol. The number of H-pyrrole nitrogens is 1. The average Bonchev–Trinajstić information content (AvgIpc) is 2.75. The number of nitrogens with one attached hydrogen (secondary N) is 1. The fourth-order valence-corrected chi connectivity index (χ4v) is 0.895. The summed E-state index contributed by atoms with van der Waals surface area (Å²) >= 11 is 0. The molecule has 0 spiro atoms. The lowest BCUT2D eigenvalue weighted by atomic mass is 10.3. The predicted octanol–water partition coefficient (Wildman–Crippen LogP) is 0.513. The summed E-state index contributed by atoms with van der Waals surface area (Å²) in [6.45, 7) is 1.56. The molecule has 0 aliphatic heterocycles. The SMILES string of the molecule is CC(O)c1nc(-c2cn[nH]c2)no1. The topological polar surface area (TPSA) is 87.8 Å². The van der Waals surface area contributed by atoms with E-state index in [1.807, 2.05) is 0 Å². The Labute approximate surface area is 73.6 Å². The second-order valence-electron chi connectivity index (χ2n) is 2.62. The first-order valence-corrected chi connectivity index (χ1v) is 3.78. The van der Waals surface area contributed by atoms with Crippen molar-refractivity contribution in [2.75, 3.05) is 0 Å². The van der Waals surface area contributed by atoms with Gasteiger partial charge < -0.3 is 9.63 Å². The fraction of sp³-hybridized carbons (Fsp3) is 0.286. The minimum Gasteiger partial charge on any atom is -0.384 e. The molecule has 2 N–H and O–H groups in total. The number of nitrogens with zero attached hydrogens (tertiary/aromatic N) is 3. The molecule has 2 aromatic heterocycles. The van der Waals surface area contributed by atoms with E-state index in [0.29, 0.717) is 5.82 Å². The summed E-state index contributed by atoms with van der Waals surface area (Å²) in [5, 5.41) is 19.2. The smallest absolute Gasteiger partial charge is 0.255 e. The first kappa shape index (κ1) is 7.93. The lowest BCUT2D eigenvalue weighted by molar-refractivity contribution is 0.152. The molecule has 0 saturated heterocycles. The van der Waals surface area contributed by atoms with Crippen LogP contribution in [0.25, 0.3) is 11.4 Å². The van der Waals surface area contributed by atoms with Gasteiger partial charge in [0, 0.05) is 6.20 Å². The van der Waals surface area contributed by atoms with E-state index in [0.717, 1.165) is 5.56 Å². The Hall–Kier alpha value is -1.69. The van der Waals surface area contributed by atoms with Gasteiger partial charge in [-0.05, 0) is 6.92 Å². The zero-order valence-corrected chi connectivity index (χ0v) is 6.93. The van der Waals surface area contributed by atoms with Crippen LogP contribution in [0.4, 0.5) is 0 Å². The normalized spacial score (nSPS) is 13.1. The van der Waals surface area contributed by atoms with Crippen molar-refractivity contribution in [3.05, 3.63) is 18.3 Å². The van der Waals surface area contributed by atoms with E-state index in [4.69, 9.17) is 9.63 Å². The lowest BCUT2D eigenvalue weighted by Crippen LogP contribution is -1.89. The summed E-state index contributed by atoms with van der Waals surface area (Å²) in [7, 11) is 0. The second kappa shape index (κ2) is 2.98. The van der Waals surface area contributed by atoms with Crippen molar-refractivity contribution < 1.29 is 9.63 Å². The Morgan fingerprint density at radius 2 is 2.46 bits per heavy atom. The monoisotopic (exact) mass is 180 g/mol. The number of hydrogen-bond acceptors (Lipinski definition) is 5. The summed E-state index contributed by atoms with van der Waals surface area (Å²) in [6, 6.07) is 0. The van der Waals surface area contributed by atoms with Crippen molar-refractivity contribution in [1.82, 2.24) is 20.3 Å². The fourth-order valence-electron chi connectivity index (χ4n) is 0.895. The van der Waals surface area contributed by atoms with Crippen LogP contribution in [-0.2, 0) is 0 Å². The van der Waals surface area contributed by atoms with Crippen LogP contribution in [0.3, 0.4) is 0 Å². The highest BCUT2D eigenvalue weighted by Crippen LogP contribution is 2.16. The molecule has 2 rings (SSSR count). The summed E-state index contributed by atoms with van der Waals surface area (Å²) < 4.78 is 4.80. The molecule has 0 fully saturated rings. The second-order valence-corrected chi connectivity index (χ2v) is 2.62. The maximum atomic E-state index is 9.11. The van der Waals surface area contributed by atoms with Crippen LogP contribution in [0.1, 0.15) is 18.9 Å². The van der Waals surface area contributed by atoms with E-state index >= 15 is 0 Å². The van der Waals surface area contributed by atoms with Gasteiger partial charge in [0.15, 0.2) is 0 Å². The van der Waals surface area contributed by atoms with E-state index in [1.165, 1.54) is 0 Å². The number of aliphatic hydroxyl groups is 1. The van der Waals surface area contributed by atoms with Gasteiger partial charge >= 0.3 is 0 Å². The Kier molecular flexibility index (Phi) is 1.82. The zero-order chi connectivity index (χ0) is 9.26. The Balaban J connectivity index is 2.33. The van der Waals surface area contributed by atoms with Gasteiger partial charge in [0.25, 0.3) is 5.89 Å². The van der Waals surface area contributed by atoms with Crippen LogP contribution in [-0.4, -0.2) is 25.4 Å². The van der Waals surface area contributed by atoms with E-state index in [2.05, 4.69) is 20.3 Å². The first-order chi connectivity index (χ1) is 6.27. The molecule has 6 nitrogen and oxygen atoms in total. The molecule has 0 radical (unpaired) electrons. The van der Waals surface area contributed by atoms with Gasteiger partial charge in [-0.2, -0.15) is 10.1 Å². The zero-order valence-electron chi connectivity index (χ0n) is 6.93. The third kappa shape index (κ3) is 1.43. The molecule has 0 saturated carbocycles. The predicted molar refractivity (Wildman–Crippen MR) is 42.5 cm³/mol. The molecule has 0 bridgehead atoms. The van der Waals surface area contributed by atoms with Gasteiger partial charge in [-0.1, -0.05) is 5.16 Å². The number of aromatic amines is 1. The lowest BCUT2D eigenvalue weighted by Gasteiger charge is -1.91. The highest BCUT2D eigenvalue weighted by molar-refractivity contribution is 5.50. The van der Waals surface area contributed by atoms with Crippen molar-refractivity contribution >= 4 is 0 Å². The van der Waals surface area contributed by atoms with Crippen molar-refractivity contribution in [3.63, 3.8) is 0 Å². The standard InChI is InChI=1S/C7H8N4O2/c1-4(12)7-10-6(11-13-7)5-2-8-9-3-5/h2-4,12H,1H3,(H,8,9). The summed E-state index contributed by atoms with van der Waals surface area (Å²) in [4.78, 5) is 3.96. The molecule has 68 valence electrons. The highest BCUT2D eigenvalue weighted by Gasteiger charge is 2.12.